The zero-order valence-corrected chi connectivity index (χ0v) is 7.88. The van der Waals surface area contributed by atoms with Gasteiger partial charge in [-0.3, -0.25) is 0 Å². The van der Waals surface area contributed by atoms with Crippen molar-refractivity contribution in [3.63, 3.8) is 0 Å². The minimum absolute atomic E-state index is 0.510. The molecule has 1 aliphatic heterocycles. The van der Waals surface area contributed by atoms with Gasteiger partial charge in [0.05, 0.1) is 6.10 Å². The molecule has 1 aliphatic carbocycles. The summed E-state index contributed by atoms with van der Waals surface area (Å²) >= 11 is 0. The highest BCUT2D eigenvalue weighted by atomic mass is 16.5. The Labute approximate surface area is 74.7 Å². The van der Waals surface area contributed by atoms with E-state index in [2.05, 4.69) is 12.2 Å². The Hall–Kier alpha value is -0.0800. The maximum atomic E-state index is 5.80. The van der Waals surface area contributed by atoms with E-state index >= 15 is 0 Å². The van der Waals surface area contributed by atoms with Gasteiger partial charge in [0, 0.05) is 19.2 Å². The van der Waals surface area contributed by atoms with Crippen molar-refractivity contribution in [1.29, 1.82) is 0 Å². The minimum atomic E-state index is 0.510. The quantitative estimate of drug-likeness (QED) is 0.689. The summed E-state index contributed by atoms with van der Waals surface area (Å²) < 4.78 is 5.80. The average Bonchev–Trinajstić information content (AvgIpc) is 2.81. The second kappa shape index (κ2) is 3.75. The van der Waals surface area contributed by atoms with Crippen molar-refractivity contribution in [2.45, 2.75) is 44.8 Å². The van der Waals surface area contributed by atoms with E-state index in [0.717, 1.165) is 19.1 Å². The Morgan fingerprint density at radius 3 is 2.83 bits per heavy atom. The van der Waals surface area contributed by atoms with Crippen molar-refractivity contribution >= 4 is 0 Å². The van der Waals surface area contributed by atoms with E-state index in [1.165, 1.54) is 25.7 Å². The van der Waals surface area contributed by atoms with E-state index in [0.29, 0.717) is 12.1 Å². The van der Waals surface area contributed by atoms with Crippen LogP contribution in [0.1, 0.15) is 32.6 Å². The summed E-state index contributed by atoms with van der Waals surface area (Å²) in [5.41, 5.74) is 0. The van der Waals surface area contributed by atoms with Gasteiger partial charge in [0.25, 0.3) is 0 Å². The highest BCUT2D eigenvalue weighted by Gasteiger charge is 2.27. The van der Waals surface area contributed by atoms with Crippen molar-refractivity contribution in [2.24, 2.45) is 5.92 Å². The van der Waals surface area contributed by atoms with Crippen molar-refractivity contribution in [1.82, 2.24) is 5.32 Å². The summed E-state index contributed by atoms with van der Waals surface area (Å²) in [5.74, 6) is 0.908. The fourth-order valence-electron chi connectivity index (χ4n) is 1.78. The van der Waals surface area contributed by atoms with Crippen LogP contribution >= 0.6 is 0 Å². The van der Waals surface area contributed by atoms with Crippen LogP contribution in [0.5, 0.6) is 0 Å². The molecule has 1 heterocycles. The van der Waals surface area contributed by atoms with Gasteiger partial charge < -0.3 is 10.1 Å². The Morgan fingerprint density at radius 1 is 1.42 bits per heavy atom. The predicted molar refractivity (Wildman–Crippen MR) is 49.2 cm³/mol. The SMILES string of the molecule is CCC1CC(OCC2CC2)CN1. The molecule has 1 N–H and O–H groups in total. The summed E-state index contributed by atoms with van der Waals surface area (Å²) in [4.78, 5) is 0. The van der Waals surface area contributed by atoms with Gasteiger partial charge >= 0.3 is 0 Å². The number of rotatable bonds is 4. The monoisotopic (exact) mass is 169 g/mol. The molecule has 2 heteroatoms. The summed E-state index contributed by atoms with van der Waals surface area (Å²) in [6.07, 6.45) is 5.77. The normalized spacial score (nSPS) is 35.8. The van der Waals surface area contributed by atoms with Gasteiger partial charge in [-0.1, -0.05) is 6.92 Å². The van der Waals surface area contributed by atoms with Crippen molar-refractivity contribution in [3.8, 4) is 0 Å². The van der Waals surface area contributed by atoms with E-state index in [9.17, 15) is 0 Å². The molecule has 0 radical (unpaired) electrons. The number of nitrogens with one attached hydrogen (secondary N) is 1. The van der Waals surface area contributed by atoms with Crippen LogP contribution in [0.4, 0.5) is 0 Å². The summed E-state index contributed by atoms with van der Waals surface area (Å²) in [7, 11) is 0. The molecule has 0 aromatic heterocycles. The molecule has 12 heavy (non-hydrogen) atoms. The van der Waals surface area contributed by atoms with Crippen molar-refractivity contribution in [2.75, 3.05) is 13.2 Å². The highest BCUT2D eigenvalue weighted by Crippen LogP contribution is 2.29. The standard InChI is InChI=1S/C10H19NO/c1-2-9-5-10(6-11-9)12-7-8-3-4-8/h8-11H,2-7H2,1H3. The lowest BCUT2D eigenvalue weighted by Gasteiger charge is -2.09. The number of hydrogen-bond donors (Lipinski definition) is 1. The Balaban J connectivity index is 1.61. The molecule has 70 valence electrons. The van der Waals surface area contributed by atoms with E-state index in [1.54, 1.807) is 0 Å². The van der Waals surface area contributed by atoms with Gasteiger partial charge in [0.15, 0.2) is 0 Å². The molecule has 2 atom stereocenters. The molecule has 2 rings (SSSR count). The van der Waals surface area contributed by atoms with Gasteiger partial charge in [-0.15, -0.1) is 0 Å². The van der Waals surface area contributed by atoms with Crippen LogP contribution in [0, 0.1) is 5.92 Å². The molecular formula is C10H19NO. The molecule has 2 fully saturated rings. The van der Waals surface area contributed by atoms with Crippen LogP contribution in [-0.4, -0.2) is 25.3 Å². The zero-order valence-electron chi connectivity index (χ0n) is 7.88. The fraction of sp³-hybridized carbons (Fsp3) is 1.00. The van der Waals surface area contributed by atoms with Crippen LogP contribution in [-0.2, 0) is 4.74 Å². The molecule has 0 aromatic rings. The van der Waals surface area contributed by atoms with E-state index in [4.69, 9.17) is 4.74 Å². The molecule has 2 aliphatic rings. The van der Waals surface area contributed by atoms with Gasteiger partial charge in [0.1, 0.15) is 0 Å². The molecule has 0 bridgehead atoms. The topological polar surface area (TPSA) is 21.3 Å². The molecular weight excluding hydrogens is 150 g/mol. The smallest absolute Gasteiger partial charge is 0.0714 e. The van der Waals surface area contributed by atoms with E-state index in [-0.39, 0.29) is 0 Å². The predicted octanol–water partition coefficient (Wildman–Crippen LogP) is 1.55. The van der Waals surface area contributed by atoms with E-state index < -0.39 is 0 Å². The Bertz CT molecular complexity index is 145. The lowest BCUT2D eigenvalue weighted by Crippen LogP contribution is -2.20. The third-order valence-electron chi connectivity index (χ3n) is 2.94. The van der Waals surface area contributed by atoms with Crippen molar-refractivity contribution in [3.05, 3.63) is 0 Å². The third kappa shape index (κ3) is 2.20. The maximum absolute atomic E-state index is 5.80. The van der Waals surface area contributed by atoms with Crippen molar-refractivity contribution < 1.29 is 4.74 Å². The highest BCUT2D eigenvalue weighted by molar-refractivity contribution is 4.82. The molecule has 1 saturated carbocycles. The first-order chi connectivity index (χ1) is 5.88. The molecule has 2 nitrogen and oxygen atoms in total. The summed E-state index contributed by atoms with van der Waals surface area (Å²) in [6, 6.07) is 0.717. The first-order valence-corrected chi connectivity index (χ1v) is 5.23. The Kier molecular flexibility index (Phi) is 2.66. The molecule has 2 unspecified atom stereocenters. The average molecular weight is 169 g/mol. The fourth-order valence-corrected chi connectivity index (χ4v) is 1.78. The van der Waals surface area contributed by atoms with Gasteiger partial charge in [-0.25, -0.2) is 0 Å². The van der Waals surface area contributed by atoms with E-state index in [1.807, 2.05) is 0 Å². The van der Waals surface area contributed by atoms with Gasteiger partial charge in [-0.2, -0.15) is 0 Å². The lowest BCUT2D eigenvalue weighted by molar-refractivity contribution is 0.0577. The first kappa shape index (κ1) is 8.52. The van der Waals surface area contributed by atoms with Crippen LogP contribution in [0.3, 0.4) is 0 Å². The zero-order chi connectivity index (χ0) is 8.39. The van der Waals surface area contributed by atoms with Crippen LogP contribution < -0.4 is 5.32 Å². The second-order valence-corrected chi connectivity index (χ2v) is 4.15. The molecule has 1 saturated heterocycles. The molecule has 0 aromatic carbocycles. The van der Waals surface area contributed by atoms with Gasteiger partial charge in [-0.05, 0) is 31.6 Å². The van der Waals surface area contributed by atoms with Gasteiger partial charge in [0.2, 0.25) is 0 Å². The van der Waals surface area contributed by atoms with Crippen LogP contribution in [0.2, 0.25) is 0 Å². The second-order valence-electron chi connectivity index (χ2n) is 4.15. The Morgan fingerprint density at radius 2 is 2.25 bits per heavy atom. The molecule has 0 spiro atoms. The minimum Gasteiger partial charge on any atom is -0.377 e. The van der Waals surface area contributed by atoms with Crippen LogP contribution in [0.15, 0.2) is 0 Å². The summed E-state index contributed by atoms with van der Waals surface area (Å²) in [5, 5.41) is 3.48. The van der Waals surface area contributed by atoms with Crippen LogP contribution in [0.25, 0.3) is 0 Å². The largest absolute Gasteiger partial charge is 0.377 e. The lowest BCUT2D eigenvalue weighted by atomic mass is 10.1. The summed E-state index contributed by atoms with van der Waals surface area (Å²) in [6.45, 7) is 4.33. The number of hydrogen-bond acceptors (Lipinski definition) is 2. The molecule has 0 amide bonds. The maximum Gasteiger partial charge on any atom is 0.0714 e. The first-order valence-electron chi connectivity index (χ1n) is 5.23. The third-order valence-corrected chi connectivity index (χ3v) is 2.94. The number of ether oxygens (including phenoxy) is 1.